The molecule has 3 nitrogen and oxygen atoms in total. The van der Waals surface area contributed by atoms with Gasteiger partial charge in [0, 0.05) is 0 Å². The highest BCUT2D eigenvalue weighted by atomic mass is 32.4. The average Bonchev–Trinajstić information content (AvgIpc) is 2.45. The predicted octanol–water partition coefficient (Wildman–Crippen LogP) is 4.40. The van der Waals surface area contributed by atoms with Crippen molar-refractivity contribution in [2.45, 2.75) is 45.9 Å². The molecule has 0 heterocycles. The summed E-state index contributed by atoms with van der Waals surface area (Å²) in [6, 6.07) is 7.98. The molecular formula is C15H24N2OPS+. The van der Waals surface area contributed by atoms with Crippen LogP contribution in [-0.4, -0.2) is 29.8 Å². The van der Waals surface area contributed by atoms with Gasteiger partial charge in [0.1, 0.15) is 11.4 Å². The number of hydrogen-bond acceptors (Lipinski definition) is 3. The van der Waals surface area contributed by atoms with Gasteiger partial charge >= 0.3 is 6.85 Å². The lowest BCUT2D eigenvalue weighted by Crippen LogP contribution is -2.09. The number of rotatable bonds is 7. The molecule has 0 saturated carbocycles. The molecule has 0 aliphatic carbocycles. The molecule has 0 aliphatic rings. The average molecular weight is 311 g/mol. The first-order valence-corrected chi connectivity index (χ1v) is 9.32. The topological polar surface area (TPSA) is 24.8 Å². The van der Waals surface area contributed by atoms with Crippen molar-refractivity contribution in [1.82, 2.24) is 4.78 Å². The largest absolute Gasteiger partial charge is 0.491 e. The van der Waals surface area contributed by atoms with Gasteiger partial charge in [-0.25, -0.2) is 0 Å². The molecule has 0 fully saturated rings. The number of nitrogens with zero attached hydrogens (tertiary/aromatic N) is 2. The quantitative estimate of drug-likeness (QED) is 0.424. The summed E-state index contributed by atoms with van der Waals surface area (Å²) < 4.78 is 7.63. The molecule has 1 rings (SSSR count). The molecule has 0 spiro atoms. The van der Waals surface area contributed by atoms with Crippen LogP contribution in [0.25, 0.3) is 0 Å². The van der Waals surface area contributed by atoms with Crippen LogP contribution in [-0.2, 0) is 11.8 Å². The second-order valence-corrected chi connectivity index (χ2v) is 8.38. The smallest absolute Gasteiger partial charge is 0.312 e. The van der Waals surface area contributed by atoms with E-state index >= 15 is 0 Å². The van der Waals surface area contributed by atoms with Crippen LogP contribution in [0.4, 0.5) is 0 Å². The first-order valence-electron chi connectivity index (χ1n) is 6.94. The van der Waals surface area contributed by atoms with E-state index < -0.39 is 6.85 Å². The third kappa shape index (κ3) is 5.56. The van der Waals surface area contributed by atoms with Crippen molar-refractivity contribution in [2.24, 2.45) is 5.10 Å². The SMILES string of the molecule is CCC(C)Oc1ccc(C=NN(C)[P+](=S)C(C)C)cc1. The van der Waals surface area contributed by atoms with Crippen molar-refractivity contribution in [1.29, 1.82) is 0 Å². The maximum Gasteiger partial charge on any atom is 0.312 e. The zero-order chi connectivity index (χ0) is 15.1. The second kappa shape index (κ2) is 8.33. The first kappa shape index (κ1) is 17.1. The van der Waals surface area contributed by atoms with Crippen molar-refractivity contribution in [2.75, 3.05) is 7.05 Å². The lowest BCUT2D eigenvalue weighted by atomic mass is 10.2. The summed E-state index contributed by atoms with van der Waals surface area (Å²) in [5.74, 6) is 0.901. The van der Waals surface area contributed by atoms with Crippen LogP contribution in [0, 0.1) is 0 Å². The Bertz CT molecular complexity index is 459. The van der Waals surface area contributed by atoms with Gasteiger partial charge < -0.3 is 4.74 Å². The number of hydrazone groups is 1. The number of hydrogen-bond donors (Lipinski definition) is 0. The molecule has 0 amide bonds. The summed E-state index contributed by atoms with van der Waals surface area (Å²) >= 11 is 5.44. The van der Waals surface area contributed by atoms with Gasteiger partial charge in [0.05, 0.1) is 19.4 Å². The van der Waals surface area contributed by atoms with Crippen molar-refractivity contribution < 1.29 is 4.74 Å². The summed E-state index contributed by atoms with van der Waals surface area (Å²) in [7, 11) is 1.94. The van der Waals surface area contributed by atoms with Crippen molar-refractivity contribution in [3.8, 4) is 5.75 Å². The maximum absolute atomic E-state index is 5.75. The minimum absolute atomic E-state index is 0.246. The minimum Gasteiger partial charge on any atom is -0.491 e. The molecule has 0 N–H and O–H groups in total. The Labute approximate surface area is 128 Å². The zero-order valence-corrected chi connectivity index (χ0v) is 14.6. The van der Waals surface area contributed by atoms with Crippen molar-refractivity contribution in [3.05, 3.63) is 29.8 Å². The number of ether oxygens (including phenoxy) is 1. The van der Waals surface area contributed by atoms with Gasteiger partial charge in [-0.3, -0.25) is 0 Å². The van der Waals surface area contributed by atoms with Gasteiger partial charge in [-0.1, -0.05) is 6.92 Å². The summed E-state index contributed by atoms with van der Waals surface area (Å²) in [6.07, 6.45) is 3.10. The van der Waals surface area contributed by atoms with Crippen LogP contribution in [0.2, 0.25) is 0 Å². The Morgan fingerprint density at radius 1 is 1.30 bits per heavy atom. The van der Waals surface area contributed by atoms with Crippen LogP contribution in [0.5, 0.6) is 5.75 Å². The highest BCUT2D eigenvalue weighted by molar-refractivity contribution is 8.04. The van der Waals surface area contributed by atoms with E-state index in [0.29, 0.717) is 5.66 Å². The first-order chi connectivity index (χ1) is 9.43. The highest BCUT2D eigenvalue weighted by Gasteiger charge is 2.20. The van der Waals surface area contributed by atoms with Gasteiger partial charge in [-0.15, -0.1) is 9.88 Å². The third-order valence-corrected chi connectivity index (χ3v) is 6.42. The van der Waals surface area contributed by atoms with E-state index in [-0.39, 0.29) is 6.10 Å². The van der Waals surface area contributed by atoms with Crippen LogP contribution in [0.3, 0.4) is 0 Å². The predicted molar refractivity (Wildman–Crippen MR) is 91.6 cm³/mol. The van der Waals surface area contributed by atoms with Gasteiger partial charge in [-0.2, -0.15) is 0 Å². The molecular weight excluding hydrogens is 287 g/mol. The second-order valence-electron chi connectivity index (χ2n) is 5.04. The fourth-order valence-corrected chi connectivity index (χ4v) is 2.43. The van der Waals surface area contributed by atoms with Crippen LogP contribution >= 0.6 is 6.85 Å². The van der Waals surface area contributed by atoms with E-state index in [1.807, 2.05) is 42.3 Å². The van der Waals surface area contributed by atoms with Gasteiger partial charge in [0.15, 0.2) is 11.8 Å². The molecule has 2 unspecified atom stereocenters. The van der Waals surface area contributed by atoms with Crippen LogP contribution in [0.1, 0.15) is 39.7 Å². The van der Waals surface area contributed by atoms with Crippen molar-refractivity contribution in [3.63, 3.8) is 0 Å². The van der Waals surface area contributed by atoms with E-state index in [1.54, 1.807) is 0 Å². The summed E-state index contributed by atoms with van der Waals surface area (Å²) in [5, 5.41) is 4.41. The lowest BCUT2D eigenvalue weighted by molar-refractivity contribution is 0.217. The van der Waals surface area contributed by atoms with E-state index in [1.165, 1.54) is 0 Å². The standard InChI is InChI=1S/C15H24N2OPS/c1-6-13(4)18-15-9-7-14(8-10-15)11-16-17(5)19(20)12(2)3/h7-13H,6H2,1-5H3/q+1. The maximum atomic E-state index is 5.75. The molecule has 110 valence electrons. The van der Waals surface area contributed by atoms with E-state index in [9.17, 15) is 0 Å². The summed E-state index contributed by atoms with van der Waals surface area (Å²) in [6.45, 7) is 7.82. The normalized spacial score (nSPS) is 13.6. The minimum atomic E-state index is -0.623. The van der Waals surface area contributed by atoms with Gasteiger partial charge in [0.25, 0.3) is 0 Å². The molecule has 0 aromatic heterocycles. The molecule has 2 atom stereocenters. The Kier molecular flexibility index (Phi) is 7.11. The zero-order valence-electron chi connectivity index (χ0n) is 12.9. The lowest BCUT2D eigenvalue weighted by Gasteiger charge is -2.12. The van der Waals surface area contributed by atoms with E-state index in [0.717, 1.165) is 17.7 Å². The summed E-state index contributed by atoms with van der Waals surface area (Å²) in [5.41, 5.74) is 1.52. The molecule has 1 aromatic rings. The fraction of sp³-hybridized carbons (Fsp3) is 0.533. The van der Waals surface area contributed by atoms with Crippen LogP contribution < -0.4 is 4.74 Å². The van der Waals surface area contributed by atoms with Crippen LogP contribution in [0.15, 0.2) is 29.4 Å². The Morgan fingerprint density at radius 3 is 2.40 bits per heavy atom. The molecule has 0 aliphatic heterocycles. The molecule has 5 heteroatoms. The van der Waals surface area contributed by atoms with Crippen molar-refractivity contribution >= 4 is 24.9 Å². The monoisotopic (exact) mass is 311 g/mol. The molecule has 20 heavy (non-hydrogen) atoms. The molecule has 0 bridgehead atoms. The molecule has 0 saturated heterocycles. The van der Waals surface area contributed by atoms with E-state index in [4.69, 9.17) is 16.5 Å². The van der Waals surface area contributed by atoms with E-state index in [2.05, 4.69) is 32.8 Å². The molecule has 0 radical (unpaired) electrons. The third-order valence-electron chi connectivity index (χ3n) is 2.89. The Morgan fingerprint density at radius 2 is 1.90 bits per heavy atom. The van der Waals surface area contributed by atoms with Gasteiger partial charge in [-0.05, 0) is 57.0 Å². The Hall–Kier alpha value is -0.990. The highest BCUT2D eigenvalue weighted by Crippen LogP contribution is 2.31. The summed E-state index contributed by atoms with van der Waals surface area (Å²) in [4.78, 5) is 0. The van der Waals surface area contributed by atoms with Gasteiger partial charge in [0.2, 0.25) is 0 Å². The molecule has 1 aromatic carbocycles. The fourth-order valence-electron chi connectivity index (χ4n) is 1.48. The Balaban J connectivity index is 2.63. The number of benzene rings is 1.